The maximum atomic E-state index is 13.9. The number of aliphatic hydroxyl groups is 1. The highest BCUT2D eigenvalue weighted by Gasteiger charge is 2.42. The molecule has 4 aromatic rings. The highest BCUT2D eigenvalue weighted by atomic mass is 16.5. The number of aromatic nitrogens is 3. The third kappa shape index (κ3) is 4.71. The maximum absolute atomic E-state index is 13.9. The van der Waals surface area contributed by atoms with Gasteiger partial charge in [0.1, 0.15) is 16.9 Å². The average molecular weight is 625 g/mol. The van der Waals surface area contributed by atoms with E-state index in [-0.39, 0.29) is 29.8 Å². The molecule has 2 aromatic heterocycles. The molecule has 5 aliphatic rings. The summed E-state index contributed by atoms with van der Waals surface area (Å²) in [6.45, 7) is 5.90. The number of hydrogen-bond donors (Lipinski definition) is 2. The number of nitrogens with zero attached hydrogens (tertiary/aromatic N) is 5. The SMILES string of the molecule is COc1cc(C(=O)N2C[C@H]3CC[C@@H]2C[C@@H]3N)cc2nc(-c3cc4cccc(C5CN(C(=O)C(C)(C)O)C5)c4n3CC3CC3)n(C)c12. The fourth-order valence-corrected chi connectivity index (χ4v) is 8.23. The van der Waals surface area contributed by atoms with E-state index >= 15 is 0 Å². The van der Waals surface area contributed by atoms with Gasteiger partial charge in [0, 0.05) is 62.2 Å². The lowest BCUT2D eigenvalue weighted by Crippen LogP contribution is -2.58. The van der Waals surface area contributed by atoms with Gasteiger partial charge in [0.15, 0.2) is 5.82 Å². The summed E-state index contributed by atoms with van der Waals surface area (Å²) in [5, 5.41) is 11.4. The van der Waals surface area contributed by atoms with Crippen LogP contribution < -0.4 is 10.5 Å². The number of hydrogen-bond acceptors (Lipinski definition) is 6. The Morgan fingerprint density at radius 3 is 2.50 bits per heavy atom. The zero-order chi connectivity index (χ0) is 32.1. The molecule has 2 amide bonds. The number of likely N-dealkylation sites (tertiary alicyclic amines) is 1. The normalized spacial score (nSPS) is 23.4. The van der Waals surface area contributed by atoms with E-state index in [4.69, 9.17) is 15.5 Å². The molecular weight excluding hydrogens is 580 g/mol. The smallest absolute Gasteiger partial charge is 0.254 e. The summed E-state index contributed by atoms with van der Waals surface area (Å²) in [5.74, 6) is 2.45. The van der Waals surface area contributed by atoms with Crippen LogP contribution in [0.15, 0.2) is 36.4 Å². The molecule has 3 N–H and O–H groups in total. The van der Waals surface area contributed by atoms with Gasteiger partial charge in [-0.15, -0.1) is 0 Å². The molecule has 0 spiro atoms. The van der Waals surface area contributed by atoms with Crippen molar-refractivity contribution < 1.29 is 19.4 Å². The molecule has 2 bridgehead atoms. The Balaban J connectivity index is 1.19. The van der Waals surface area contributed by atoms with E-state index in [1.807, 2.05) is 24.1 Å². The third-order valence-electron chi connectivity index (χ3n) is 11.0. The van der Waals surface area contributed by atoms with Gasteiger partial charge in [0.25, 0.3) is 11.8 Å². The number of aryl methyl sites for hydroxylation is 1. The van der Waals surface area contributed by atoms with Crippen LogP contribution >= 0.6 is 0 Å². The van der Waals surface area contributed by atoms with Crippen molar-refractivity contribution >= 4 is 33.8 Å². The Labute approximate surface area is 269 Å². The topological polar surface area (TPSA) is 119 Å². The number of benzene rings is 2. The first kappa shape index (κ1) is 29.5. The van der Waals surface area contributed by atoms with Crippen LogP contribution in [-0.2, 0) is 18.4 Å². The summed E-state index contributed by atoms with van der Waals surface area (Å²) in [7, 11) is 3.67. The fourth-order valence-electron chi connectivity index (χ4n) is 8.23. The van der Waals surface area contributed by atoms with Gasteiger partial charge < -0.3 is 34.5 Å². The lowest BCUT2D eigenvalue weighted by Gasteiger charge is -2.48. The largest absolute Gasteiger partial charge is 0.494 e. The molecule has 3 atom stereocenters. The van der Waals surface area contributed by atoms with E-state index in [0.29, 0.717) is 42.8 Å². The van der Waals surface area contributed by atoms with Gasteiger partial charge >= 0.3 is 0 Å². The number of piperidine rings is 2. The number of carbonyl (C=O) groups is 2. The van der Waals surface area contributed by atoms with Crippen molar-refractivity contribution in [2.24, 2.45) is 24.6 Å². The summed E-state index contributed by atoms with van der Waals surface area (Å²) < 4.78 is 10.4. The molecule has 46 heavy (non-hydrogen) atoms. The molecule has 2 aliphatic carbocycles. The molecule has 9 rings (SSSR count). The first-order valence-corrected chi connectivity index (χ1v) is 16.8. The van der Waals surface area contributed by atoms with Gasteiger partial charge in [0.2, 0.25) is 0 Å². The van der Waals surface area contributed by atoms with Gasteiger partial charge in [-0.3, -0.25) is 9.59 Å². The molecular formula is C36H44N6O4. The quantitative estimate of drug-likeness (QED) is 0.317. The van der Waals surface area contributed by atoms with E-state index in [9.17, 15) is 14.7 Å². The zero-order valence-electron chi connectivity index (χ0n) is 27.2. The van der Waals surface area contributed by atoms with E-state index in [1.165, 1.54) is 23.9 Å². The minimum Gasteiger partial charge on any atom is -0.494 e. The van der Waals surface area contributed by atoms with Crippen LogP contribution in [0.25, 0.3) is 33.5 Å². The van der Waals surface area contributed by atoms with Crippen molar-refractivity contribution in [2.75, 3.05) is 26.7 Å². The second kappa shape index (κ2) is 10.6. The molecule has 242 valence electrons. The number of imidazole rings is 1. The Morgan fingerprint density at radius 1 is 1.07 bits per heavy atom. The van der Waals surface area contributed by atoms with E-state index in [1.54, 1.807) is 25.9 Å². The predicted molar refractivity (Wildman–Crippen MR) is 177 cm³/mol. The second-order valence-corrected chi connectivity index (χ2v) is 14.7. The second-order valence-electron chi connectivity index (χ2n) is 14.7. The van der Waals surface area contributed by atoms with E-state index < -0.39 is 5.60 Å². The van der Waals surface area contributed by atoms with Crippen molar-refractivity contribution in [1.82, 2.24) is 23.9 Å². The number of nitrogens with two attached hydrogens (primary N) is 1. The average Bonchev–Trinajstić information content (AvgIpc) is 3.67. The first-order chi connectivity index (χ1) is 22.0. The number of methoxy groups -OCH3 is 1. The Morgan fingerprint density at radius 2 is 1.85 bits per heavy atom. The van der Waals surface area contributed by atoms with Crippen LogP contribution in [0.5, 0.6) is 5.75 Å². The number of para-hydroxylation sites is 1. The predicted octanol–water partition coefficient (Wildman–Crippen LogP) is 4.26. The fraction of sp³-hybridized carbons (Fsp3) is 0.528. The molecule has 0 radical (unpaired) electrons. The van der Waals surface area contributed by atoms with Crippen LogP contribution in [0.1, 0.15) is 67.8 Å². The van der Waals surface area contributed by atoms with E-state index in [0.717, 1.165) is 53.7 Å². The summed E-state index contributed by atoms with van der Waals surface area (Å²) in [6, 6.07) is 12.8. The van der Waals surface area contributed by atoms with Crippen molar-refractivity contribution in [1.29, 1.82) is 0 Å². The number of rotatable bonds is 7. The lowest BCUT2D eigenvalue weighted by atomic mass is 9.76. The first-order valence-electron chi connectivity index (χ1n) is 16.8. The summed E-state index contributed by atoms with van der Waals surface area (Å²) in [6.07, 6.45) is 5.40. The molecule has 3 saturated heterocycles. The van der Waals surface area contributed by atoms with Gasteiger partial charge in [0.05, 0.1) is 23.8 Å². The Bertz CT molecular complexity index is 1870. The van der Waals surface area contributed by atoms with Crippen molar-refractivity contribution in [2.45, 2.75) is 76.1 Å². The van der Waals surface area contributed by atoms with E-state index in [2.05, 4.69) is 33.4 Å². The summed E-state index contributed by atoms with van der Waals surface area (Å²) >= 11 is 0. The molecule has 5 heterocycles. The Kier molecular flexibility index (Phi) is 6.78. The van der Waals surface area contributed by atoms with Crippen LogP contribution in [0, 0.1) is 11.8 Å². The third-order valence-corrected chi connectivity index (χ3v) is 11.0. The molecule has 3 aliphatic heterocycles. The molecule has 5 fully saturated rings. The summed E-state index contributed by atoms with van der Waals surface area (Å²) in [4.78, 5) is 35.5. The minimum absolute atomic E-state index is 0.0269. The number of carbonyl (C=O) groups excluding carboxylic acids is 2. The van der Waals surface area contributed by atoms with Gasteiger partial charge in [-0.05, 0) is 81.5 Å². The molecule has 0 unspecified atom stereocenters. The number of fused-ring (bicyclic) bond motifs is 5. The van der Waals surface area contributed by atoms with Gasteiger partial charge in [-0.2, -0.15) is 0 Å². The van der Waals surface area contributed by atoms with Crippen molar-refractivity contribution in [3.63, 3.8) is 0 Å². The van der Waals surface area contributed by atoms with Crippen molar-refractivity contribution in [3.8, 4) is 17.3 Å². The summed E-state index contributed by atoms with van der Waals surface area (Å²) in [5.41, 5.74) is 10.6. The van der Waals surface area contributed by atoms with Gasteiger partial charge in [-0.25, -0.2) is 4.98 Å². The minimum atomic E-state index is -1.37. The van der Waals surface area contributed by atoms with Crippen LogP contribution in [-0.4, -0.2) is 85.3 Å². The number of amides is 2. The molecule has 10 heteroatoms. The highest BCUT2D eigenvalue weighted by molar-refractivity contribution is 6.00. The monoisotopic (exact) mass is 624 g/mol. The lowest BCUT2D eigenvalue weighted by molar-refractivity contribution is -0.152. The zero-order valence-corrected chi connectivity index (χ0v) is 27.2. The van der Waals surface area contributed by atoms with Crippen LogP contribution in [0.2, 0.25) is 0 Å². The highest BCUT2D eigenvalue weighted by Crippen LogP contribution is 2.42. The molecule has 2 saturated carbocycles. The van der Waals surface area contributed by atoms with Crippen LogP contribution in [0.3, 0.4) is 0 Å². The van der Waals surface area contributed by atoms with Crippen molar-refractivity contribution in [3.05, 3.63) is 47.5 Å². The van der Waals surface area contributed by atoms with Crippen LogP contribution in [0.4, 0.5) is 0 Å². The molecule has 10 nitrogen and oxygen atoms in total. The number of ether oxygens (including phenoxy) is 1. The molecule has 2 aromatic carbocycles. The maximum Gasteiger partial charge on any atom is 0.254 e. The Hall–Kier alpha value is -3.89. The van der Waals surface area contributed by atoms with Gasteiger partial charge in [-0.1, -0.05) is 18.2 Å². The standard InChI is InChI=1S/C36H44N6O4/c1-36(2,45)35(44)40-17-24(18-40)26-7-5-6-21-13-29(42(31(21)26)16-20-8-9-20)33-38-28-12-23(14-30(46-4)32(28)39(33)3)34(43)41-19-22-10-11-25(41)15-27(22)37/h5-7,12-14,20,22,24-25,27,45H,8-11,15-19,37H2,1-4H3/t22-,25-,27+/m1/s1.